The third-order valence-corrected chi connectivity index (χ3v) is 2.89. The molecule has 0 spiro atoms. The maximum absolute atomic E-state index is 13.2. The number of hydrogen-bond acceptors (Lipinski definition) is 3. The summed E-state index contributed by atoms with van der Waals surface area (Å²) in [5, 5.41) is 10.9. The van der Waals surface area contributed by atoms with Crippen LogP contribution in [0.3, 0.4) is 0 Å². The quantitative estimate of drug-likeness (QED) is 0.760. The molecule has 0 saturated carbocycles. The normalized spacial score (nSPS) is 10.6. The Balaban J connectivity index is 2.80. The third-order valence-electron chi connectivity index (χ3n) is 1.92. The van der Waals surface area contributed by atoms with Gasteiger partial charge in [0.2, 0.25) is 0 Å². The Morgan fingerprint density at radius 3 is 2.86 bits per heavy atom. The summed E-state index contributed by atoms with van der Waals surface area (Å²) in [5.41, 5.74) is 5.72. The molecule has 0 bridgehead atoms. The summed E-state index contributed by atoms with van der Waals surface area (Å²) in [6, 6.07) is 2.46. The van der Waals surface area contributed by atoms with E-state index in [4.69, 9.17) is 10.8 Å². The van der Waals surface area contributed by atoms with E-state index in [0.29, 0.717) is 15.8 Å². The first kappa shape index (κ1) is 8.96. The largest absolute Gasteiger partial charge is 0.478 e. The molecule has 14 heavy (non-hydrogen) atoms. The Morgan fingerprint density at radius 2 is 2.21 bits per heavy atom. The highest BCUT2D eigenvalue weighted by molar-refractivity contribution is 7.17. The van der Waals surface area contributed by atoms with Gasteiger partial charge in [0.15, 0.2) is 0 Å². The highest BCUT2D eigenvalue weighted by Crippen LogP contribution is 2.30. The average Bonchev–Trinajstić information content (AvgIpc) is 2.46. The number of carboxylic acids is 1. The molecule has 0 unspecified atom stereocenters. The number of benzene rings is 1. The van der Waals surface area contributed by atoms with Gasteiger partial charge >= 0.3 is 5.97 Å². The van der Waals surface area contributed by atoms with Crippen LogP contribution in [0.25, 0.3) is 10.1 Å². The zero-order chi connectivity index (χ0) is 10.3. The average molecular weight is 211 g/mol. The minimum atomic E-state index is -1.28. The van der Waals surface area contributed by atoms with E-state index in [1.807, 2.05) is 0 Å². The van der Waals surface area contributed by atoms with Gasteiger partial charge in [-0.3, -0.25) is 0 Å². The van der Waals surface area contributed by atoms with Crippen molar-refractivity contribution in [2.45, 2.75) is 0 Å². The lowest BCUT2D eigenvalue weighted by Gasteiger charge is -1.98. The van der Waals surface area contributed by atoms with Gasteiger partial charge < -0.3 is 10.8 Å². The van der Waals surface area contributed by atoms with Crippen molar-refractivity contribution >= 4 is 33.1 Å². The van der Waals surface area contributed by atoms with Crippen LogP contribution in [-0.2, 0) is 0 Å². The molecule has 0 amide bonds. The molecule has 1 aromatic heterocycles. The molecule has 0 radical (unpaired) electrons. The van der Waals surface area contributed by atoms with Crippen LogP contribution < -0.4 is 5.73 Å². The molecule has 2 rings (SSSR count). The Morgan fingerprint density at radius 1 is 1.50 bits per heavy atom. The van der Waals surface area contributed by atoms with Crippen LogP contribution in [0.4, 0.5) is 10.1 Å². The van der Waals surface area contributed by atoms with Crippen molar-refractivity contribution in [3.05, 3.63) is 28.9 Å². The number of thiophene rings is 1. The molecule has 0 fully saturated rings. The van der Waals surface area contributed by atoms with E-state index in [9.17, 15) is 9.18 Å². The molecule has 1 aromatic carbocycles. The predicted octanol–water partition coefficient (Wildman–Crippen LogP) is 2.32. The van der Waals surface area contributed by atoms with Crippen molar-refractivity contribution in [3.8, 4) is 0 Å². The van der Waals surface area contributed by atoms with Crippen LogP contribution in [0.2, 0.25) is 0 Å². The third kappa shape index (κ3) is 1.22. The van der Waals surface area contributed by atoms with Gasteiger partial charge in [-0.2, -0.15) is 0 Å². The summed E-state index contributed by atoms with van der Waals surface area (Å²) in [4.78, 5) is 10.6. The first-order chi connectivity index (χ1) is 6.59. The molecule has 2 aromatic rings. The summed E-state index contributed by atoms with van der Waals surface area (Å²) in [5.74, 6) is -2.01. The molecular weight excluding hydrogens is 205 g/mol. The van der Waals surface area contributed by atoms with Gasteiger partial charge in [-0.15, -0.1) is 11.3 Å². The van der Waals surface area contributed by atoms with E-state index in [2.05, 4.69) is 0 Å². The van der Waals surface area contributed by atoms with E-state index >= 15 is 0 Å². The Bertz CT molecular complexity index is 521. The standard InChI is InChI=1S/C9H6FNO2S/c10-6-2-8-5(7(11)3-14-8)1-4(6)9(12)13/h1-3H,11H2,(H,12,13). The lowest BCUT2D eigenvalue weighted by molar-refractivity contribution is 0.0692. The maximum Gasteiger partial charge on any atom is 0.338 e. The monoisotopic (exact) mass is 211 g/mol. The molecule has 3 N–H and O–H groups in total. The van der Waals surface area contributed by atoms with Crippen LogP contribution in [0, 0.1) is 5.82 Å². The number of halogens is 1. The van der Waals surface area contributed by atoms with Gasteiger partial charge in [-0.05, 0) is 12.1 Å². The maximum atomic E-state index is 13.2. The van der Waals surface area contributed by atoms with Crippen LogP contribution in [0.1, 0.15) is 10.4 Å². The second kappa shape index (κ2) is 2.95. The number of nitrogens with two attached hydrogens (primary N) is 1. The second-order valence-corrected chi connectivity index (χ2v) is 3.74. The lowest BCUT2D eigenvalue weighted by atomic mass is 10.1. The first-order valence-corrected chi connectivity index (χ1v) is 4.67. The molecule has 0 aliphatic heterocycles. The molecule has 1 heterocycles. The molecule has 0 saturated heterocycles. The highest BCUT2D eigenvalue weighted by atomic mass is 32.1. The Hall–Kier alpha value is -1.62. The molecule has 5 heteroatoms. The van der Waals surface area contributed by atoms with Gasteiger partial charge in [0.25, 0.3) is 0 Å². The van der Waals surface area contributed by atoms with Gasteiger partial charge in [0, 0.05) is 15.5 Å². The SMILES string of the molecule is Nc1csc2cc(F)c(C(=O)O)cc12. The predicted molar refractivity (Wildman–Crippen MR) is 53.2 cm³/mol. The van der Waals surface area contributed by atoms with Crippen LogP contribution in [0.15, 0.2) is 17.5 Å². The van der Waals surface area contributed by atoms with E-state index in [1.54, 1.807) is 5.38 Å². The van der Waals surface area contributed by atoms with E-state index < -0.39 is 11.8 Å². The zero-order valence-corrected chi connectivity index (χ0v) is 7.77. The fraction of sp³-hybridized carbons (Fsp3) is 0. The van der Waals surface area contributed by atoms with Crippen molar-refractivity contribution in [2.75, 3.05) is 5.73 Å². The highest BCUT2D eigenvalue weighted by Gasteiger charge is 2.13. The van der Waals surface area contributed by atoms with Crippen LogP contribution in [0.5, 0.6) is 0 Å². The molecule has 3 nitrogen and oxygen atoms in total. The molecular formula is C9H6FNO2S. The van der Waals surface area contributed by atoms with Crippen LogP contribution in [-0.4, -0.2) is 11.1 Å². The van der Waals surface area contributed by atoms with E-state index in [1.165, 1.54) is 23.5 Å². The number of nitrogen functional groups attached to an aromatic ring is 1. The number of anilines is 1. The minimum absolute atomic E-state index is 0.345. The number of rotatable bonds is 1. The molecule has 72 valence electrons. The fourth-order valence-corrected chi connectivity index (χ4v) is 2.09. The van der Waals surface area contributed by atoms with Gasteiger partial charge in [-0.1, -0.05) is 0 Å². The number of aromatic carboxylic acids is 1. The summed E-state index contributed by atoms with van der Waals surface area (Å²) in [6.45, 7) is 0. The van der Waals surface area contributed by atoms with Crippen molar-refractivity contribution < 1.29 is 14.3 Å². The van der Waals surface area contributed by atoms with E-state index in [-0.39, 0.29) is 5.56 Å². The molecule has 0 aliphatic carbocycles. The smallest absolute Gasteiger partial charge is 0.338 e. The van der Waals surface area contributed by atoms with Crippen molar-refractivity contribution in [1.82, 2.24) is 0 Å². The molecule has 0 aliphatic rings. The number of hydrogen-bond donors (Lipinski definition) is 2. The van der Waals surface area contributed by atoms with Gasteiger partial charge in [0.05, 0.1) is 11.3 Å². The number of carbonyl (C=O) groups is 1. The Kier molecular flexibility index (Phi) is 1.89. The fourth-order valence-electron chi connectivity index (χ4n) is 1.23. The van der Waals surface area contributed by atoms with Crippen molar-refractivity contribution in [2.24, 2.45) is 0 Å². The Labute approximate surface area is 82.6 Å². The van der Waals surface area contributed by atoms with Gasteiger partial charge in [0.1, 0.15) is 5.82 Å². The van der Waals surface area contributed by atoms with Crippen LogP contribution >= 0.6 is 11.3 Å². The van der Waals surface area contributed by atoms with Crippen molar-refractivity contribution in [1.29, 1.82) is 0 Å². The number of fused-ring (bicyclic) bond motifs is 1. The minimum Gasteiger partial charge on any atom is -0.478 e. The summed E-state index contributed by atoms with van der Waals surface area (Å²) < 4.78 is 13.8. The first-order valence-electron chi connectivity index (χ1n) is 3.79. The van der Waals surface area contributed by atoms with E-state index in [0.717, 1.165) is 0 Å². The summed E-state index contributed by atoms with van der Waals surface area (Å²) in [6.07, 6.45) is 0. The zero-order valence-electron chi connectivity index (χ0n) is 6.95. The van der Waals surface area contributed by atoms with Gasteiger partial charge in [-0.25, -0.2) is 9.18 Å². The summed E-state index contributed by atoms with van der Waals surface area (Å²) >= 11 is 1.29. The lowest BCUT2D eigenvalue weighted by Crippen LogP contribution is -1.99. The summed E-state index contributed by atoms with van der Waals surface area (Å²) in [7, 11) is 0. The molecule has 0 atom stereocenters. The van der Waals surface area contributed by atoms with Crippen molar-refractivity contribution in [3.63, 3.8) is 0 Å². The second-order valence-electron chi connectivity index (χ2n) is 2.82. The topological polar surface area (TPSA) is 63.3 Å². The number of carboxylic acid groups (broad SMARTS) is 1.